The first kappa shape index (κ1) is 47.5. The monoisotopic (exact) mass is 933 g/mol. The van der Waals surface area contributed by atoms with Crippen LogP contribution in [0.5, 0.6) is 0 Å². The Balaban J connectivity index is 0.000000334. The summed E-state index contributed by atoms with van der Waals surface area (Å²) >= 11 is 0. The molecule has 0 amide bonds. The topological polar surface area (TPSA) is 0 Å². The van der Waals surface area contributed by atoms with Gasteiger partial charge < -0.3 is 31.2 Å². The summed E-state index contributed by atoms with van der Waals surface area (Å²) in [5, 5.41) is 5.53. The predicted octanol–water partition coefficient (Wildman–Crippen LogP) is 7.50. The molecule has 6 aliphatic rings. The Kier molecular flexibility index (Phi) is 13.1. The van der Waals surface area contributed by atoms with Crippen molar-refractivity contribution >= 4 is 36.7 Å². The molecule has 4 aromatic rings. The first-order chi connectivity index (χ1) is 27.8. The normalized spacial score (nSPS) is 35.5. The maximum absolute atomic E-state index is 2.85. The molecule has 0 aliphatic heterocycles. The molecule has 4 aromatic carbocycles. The summed E-state index contributed by atoms with van der Waals surface area (Å²) in [6, 6.07) is 35.0. The van der Waals surface area contributed by atoms with Gasteiger partial charge in [0.25, 0.3) is 0 Å². The third-order valence-corrected chi connectivity index (χ3v) is 19.2. The van der Waals surface area contributed by atoms with E-state index in [0.29, 0.717) is 5.92 Å². The van der Waals surface area contributed by atoms with Crippen LogP contribution in [0.4, 0.5) is 0 Å². The molecule has 2 saturated carbocycles. The van der Waals surface area contributed by atoms with Gasteiger partial charge in [0, 0.05) is 16.7 Å². The zero-order valence-electron chi connectivity index (χ0n) is 37.5. The van der Waals surface area contributed by atoms with Crippen molar-refractivity contribution in [3.63, 3.8) is 0 Å². The van der Waals surface area contributed by atoms with Crippen LogP contribution in [0.15, 0.2) is 175 Å². The molecule has 9 atom stereocenters. The number of fused-ring (bicyclic) bond motifs is 11. The van der Waals surface area contributed by atoms with Gasteiger partial charge in [0.2, 0.25) is 0 Å². The molecule has 10 rings (SSSR count). The van der Waals surface area contributed by atoms with Crippen molar-refractivity contribution in [3.8, 4) is 0 Å². The third kappa shape index (κ3) is 6.11. The summed E-state index contributed by atoms with van der Waals surface area (Å²) in [5.74, 6) is 0.668. The first-order valence-electron chi connectivity index (χ1n) is 21.8. The number of allylic oxidation sites excluding steroid dienone is 13. The number of halogens is 2. The summed E-state index contributed by atoms with van der Waals surface area (Å²) in [7, 11) is 0.777. The summed E-state index contributed by atoms with van der Waals surface area (Å²) < 4.78 is 0. The van der Waals surface area contributed by atoms with Crippen LogP contribution in [0.1, 0.15) is 92.2 Å². The maximum atomic E-state index is 2.85. The van der Waals surface area contributed by atoms with Gasteiger partial charge in [-0.2, -0.15) is 0 Å². The molecule has 9 unspecified atom stereocenters. The van der Waals surface area contributed by atoms with E-state index in [1.165, 1.54) is 37.8 Å². The Morgan fingerprint density at radius 2 is 1.23 bits per heavy atom. The second-order valence-electron chi connectivity index (χ2n) is 19.4. The molecule has 0 aromatic heterocycles. The van der Waals surface area contributed by atoms with E-state index in [2.05, 4.69) is 233 Å². The van der Waals surface area contributed by atoms with Crippen LogP contribution in [-0.2, 0) is 26.2 Å². The minimum absolute atomic E-state index is 0. The standard InChI is InChI=1S/C45H51.C12H10Si.2ClH.Zr/c1-10-17-32-28-36-34-21-12-11-19-31(34)23-24-35(36)38(32)37-22-16-27-40(4)39(3)25-13-14-26-41(39,5)45(9)42(6,44(37,40)8)29-33-20-15-18-30(2)43(33,45)7;1-3-7-11(8-4-1)13-12-9-5-2-6-10-12;;;/h11-16,18-29,33,38H,10,17H2,1-9H3;1-10H;2*1H;/q-1;;;;+3/p-2. The van der Waals surface area contributed by atoms with E-state index in [1.807, 2.05) is 0 Å². The van der Waals surface area contributed by atoms with Crippen molar-refractivity contribution in [2.24, 2.45) is 43.8 Å². The summed E-state index contributed by atoms with van der Waals surface area (Å²) in [6.07, 6.45) is 32.6. The zero-order chi connectivity index (χ0) is 40.8. The molecule has 2 fully saturated rings. The number of hydrogen-bond acceptors (Lipinski definition) is 0. The van der Waals surface area contributed by atoms with Gasteiger partial charge in [0.15, 0.2) is 0 Å². The third-order valence-electron chi connectivity index (χ3n) is 18.0. The molecule has 4 heteroatoms. The Labute approximate surface area is 401 Å². The van der Waals surface area contributed by atoms with E-state index in [1.54, 1.807) is 11.1 Å². The predicted molar refractivity (Wildman–Crippen MR) is 250 cm³/mol. The Hall–Kier alpha value is -3.00. The smallest absolute Gasteiger partial charge is 1.00 e. The van der Waals surface area contributed by atoms with E-state index < -0.39 is 0 Å². The van der Waals surface area contributed by atoms with Crippen molar-refractivity contribution in [1.82, 2.24) is 0 Å². The van der Waals surface area contributed by atoms with Crippen LogP contribution in [0.25, 0.3) is 16.8 Å². The fraction of sp³-hybridized carbons (Fsp3) is 0.351. The van der Waals surface area contributed by atoms with Gasteiger partial charge in [-0.25, -0.2) is 0 Å². The fourth-order valence-electron chi connectivity index (χ4n) is 14.1. The molecule has 3 radical (unpaired) electrons. The summed E-state index contributed by atoms with van der Waals surface area (Å²) in [6.45, 7) is 23.3. The van der Waals surface area contributed by atoms with E-state index >= 15 is 0 Å². The summed E-state index contributed by atoms with van der Waals surface area (Å²) in [4.78, 5) is 0. The van der Waals surface area contributed by atoms with Crippen LogP contribution in [0.2, 0.25) is 0 Å². The average molecular weight is 936 g/mol. The van der Waals surface area contributed by atoms with Gasteiger partial charge in [-0.15, -0.1) is 17.4 Å². The Bertz CT molecular complexity index is 2470. The van der Waals surface area contributed by atoms with Gasteiger partial charge in [-0.05, 0) is 56.9 Å². The first-order valence-corrected chi connectivity index (χ1v) is 22.8. The molecule has 0 bridgehead atoms. The van der Waals surface area contributed by atoms with Crippen molar-refractivity contribution in [2.45, 2.75) is 81.1 Å². The Morgan fingerprint density at radius 3 is 1.87 bits per heavy atom. The van der Waals surface area contributed by atoms with E-state index in [0.717, 1.165) is 22.4 Å². The van der Waals surface area contributed by atoms with Gasteiger partial charge in [-0.1, -0.05) is 247 Å². The minimum Gasteiger partial charge on any atom is -1.00 e. The molecule has 0 saturated heterocycles. The van der Waals surface area contributed by atoms with Crippen molar-refractivity contribution in [2.75, 3.05) is 0 Å². The summed E-state index contributed by atoms with van der Waals surface area (Å²) in [5.41, 5.74) is 6.99. The average Bonchev–Trinajstić information content (AvgIpc) is 3.69. The molecule has 0 heterocycles. The van der Waals surface area contributed by atoms with Gasteiger partial charge in [-0.3, -0.25) is 0 Å². The number of rotatable bonds is 5. The molecule has 0 spiro atoms. The molecule has 0 N–H and O–H groups in total. The SMILES string of the molecule is CCCC1=Cc2c(ccc3ccccc23)C1C1=CC=CC2(C)C3(C)C=CC=CC3(C)C3(C)C4(C)C(C)=CC=CC4[CH-]C3(C)C12C.[Cl-].[Cl-].[Zr+3].c1ccc([Si]c2ccccc2)cc1. The number of benzene rings is 4. The van der Waals surface area contributed by atoms with Crippen molar-refractivity contribution < 1.29 is 51.0 Å². The molecule has 61 heavy (non-hydrogen) atoms. The van der Waals surface area contributed by atoms with Gasteiger partial charge in [0.1, 0.15) is 9.52 Å². The van der Waals surface area contributed by atoms with E-state index in [-0.39, 0.29) is 94.8 Å². The zero-order valence-corrected chi connectivity index (χ0v) is 42.5. The fourth-order valence-corrected chi connectivity index (χ4v) is 15.2. The molecular formula is C57H61Cl2SiZr. The van der Waals surface area contributed by atoms with Crippen molar-refractivity contribution in [3.05, 3.63) is 192 Å². The van der Waals surface area contributed by atoms with Crippen molar-refractivity contribution in [1.29, 1.82) is 0 Å². The second kappa shape index (κ2) is 16.8. The van der Waals surface area contributed by atoms with Crippen LogP contribution in [0, 0.1) is 50.2 Å². The van der Waals surface area contributed by atoms with Crippen LogP contribution < -0.4 is 35.2 Å². The molecule has 0 nitrogen and oxygen atoms in total. The van der Waals surface area contributed by atoms with Crippen LogP contribution in [-0.4, -0.2) is 9.52 Å². The van der Waals surface area contributed by atoms with Gasteiger partial charge in [0.05, 0.1) is 0 Å². The van der Waals surface area contributed by atoms with Crippen LogP contribution in [0.3, 0.4) is 0 Å². The van der Waals surface area contributed by atoms with E-state index in [4.69, 9.17) is 0 Å². The Morgan fingerprint density at radius 1 is 0.639 bits per heavy atom. The molecular weight excluding hydrogens is 875 g/mol. The molecule has 6 aliphatic carbocycles. The second-order valence-corrected chi connectivity index (χ2v) is 20.8. The largest absolute Gasteiger partial charge is 3.00 e. The quantitative estimate of drug-likeness (QED) is 0.144. The molecule has 311 valence electrons. The minimum atomic E-state index is -0.160. The van der Waals surface area contributed by atoms with E-state index in [9.17, 15) is 0 Å². The maximum Gasteiger partial charge on any atom is 3.00 e. The number of hydrogen-bond donors (Lipinski definition) is 0. The van der Waals surface area contributed by atoms with Crippen LogP contribution >= 0.6 is 0 Å². The van der Waals surface area contributed by atoms with Gasteiger partial charge >= 0.3 is 26.2 Å².